The first kappa shape index (κ1) is 20.2. The van der Waals surface area contributed by atoms with Gasteiger partial charge in [-0.3, -0.25) is 0 Å². The van der Waals surface area contributed by atoms with E-state index in [0.29, 0.717) is 11.1 Å². The van der Waals surface area contributed by atoms with Crippen molar-refractivity contribution < 1.29 is 9.90 Å². The van der Waals surface area contributed by atoms with Crippen LogP contribution in [0.15, 0.2) is 0 Å². The molecule has 126 valence electrons. The van der Waals surface area contributed by atoms with E-state index < -0.39 is 6.09 Å². The summed E-state index contributed by atoms with van der Waals surface area (Å²) < 4.78 is 0. The molecule has 2 aliphatic rings. The van der Waals surface area contributed by atoms with Crippen molar-refractivity contribution in [2.45, 2.75) is 97.1 Å². The molecule has 0 aromatic rings. The van der Waals surface area contributed by atoms with Gasteiger partial charge in [0, 0.05) is 11.1 Å². The Bertz CT molecular complexity index is 266. The summed E-state index contributed by atoms with van der Waals surface area (Å²) in [5, 5.41) is 10.9. The molecule has 2 fully saturated rings. The third-order valence-electron chi connectivity index (χ3n) is 3.89. The number of primary amides is 1. The molecule has 1 saturated heterocycles. The maximum Gasteiger partial charge on any atom is 0.402 e. The molecule has 1 heterocycles. The van der Waals surface area contributed by atoms with Crippen molar-refractivity contribution in [1.29, 1.82) is 0 Å². The number of carbonyl (C=O) groups is 1. The Kier molecular flexibility index (Phi) is 8.95. The Labute approximate surface area is 130 Å². The van der Waals surface area contributed by atoms with Crippen LogP contribution < -0.4 is 11.1 Å². The molecule has 0 aromatic carbocycles. The van der Waals surface area contributed by atoms with E-state index in [1.165, 1.54) is 51.4 Å². The molecule has 0 bridgehead atoms. The zero-order valence-corrected chi connectivity index (χ0v) is 14.7. The monoisotopic (exact) mass is 300 g/mol. The van der Waals surface area contributed by atoms with Crippen LogP contribution >= 0.6 is 0 Å². The highest BCUT2D eigenvalue weighted by Gasteiger charge is 2.35. The lowest BCUT2D eigenvalue weighted by Gasteiger charge is -2.45. The van der Waals surface area contributed by atoms with Gasteiger partial charge in [-0.15, -0.1) is 0 Å². The number of hydrogen-bond acceptors (Lipinski definition) is 2. The largest absolute Gasteiger partial charge is 0.465 e. The van der Waals surface area contributed by atoms with Gasteiger partial charge in [-0.1, -0.05) is 45.4 Å². The lowest BCUT2D eigenvalue weighted by atomic mass is 9.77. The molecule has 1 aliphatic carbocycles. The van der Waals surface area contributed by atoms with Crippen LogP contribution in [0.5, 0.6) is 0 Å². The van der Waals surface area contributed by atoms with Gasteiger partial charge in [-0.25, -0.2) is 4.79 Å². The van der Waals surface area contributed by atoms with Crippen LogP contribution in [0.3, 0.4) is 0 Å². The molecule has 2 rings (SSSR count). The fraction of sp³-hybridized carbons (Fsp3) is 0.941. The number of piperidine rings is 1. The minimum atomic E-state index is -1.33. The van der Waals surface area contributed by atoms with Crippen molar-refractivity contribution in [3.05, 3.63) is 0 Å². The lowest BCUT2D eigenvalue weighted by Crippen LogP contribution is -2.57. The predicted molar refractivity (Wildman–Crippen MR) is 89.6 cm³/mol. The summed E-state index contributed by atoms with van der Waals surface area (Å²) >= 11 is 0. The molecule has 4 nitrogen and oxygen atoms in total. The Balaban J connectivity index is 0.000000335. The summed E-state index contributed by atoms with van der Waals surface area (Å²) in [4.78, 5) is 8.78. The van der Waals surface area contributed by atoms with Gasteiger partial charge in [0.15, 0.2) is 0 Å². The van der Waals surface area contributed by atoms with Crippen molar-refractivity contribution in [2.75, 3.05) is 0 Å². The van der Waals surface area contributed by atoms with E-state index >= 15 is 0 Å². The minimum absolute atomic E-state index is 0.334. The van der Waals surface area contributed by atoms with Gasteiger partial charge in [0.25, 0.3) is 0 Å². The molecule has 1 aliphatic heterocycles. The van der Waals surface area contributed by atoms with Crippen LogP contribution in [0.25, 0.3) is 0 Å². The average Bonchev–Trinajstić information content (AvgIpc) is 2.26. The van der Waals surface area contributed by atoms with Crippen LogP contribution in [0.4, 0.5) is 4.79 Å². The number of nitrogens with two attached hydrogens (primary N) is 1. The van der Waals surface area contributed by atoms with E-state index in [2.05, 4.69) is 45.7 Å². The van der Waals surface area contributed by atoms with Crippen molar-refractivity contribution in [3.8, 4) is 0 Å². The van der Waals surface area contributed by atoms with Crippen molar-refractivity contribution in [2.24, 2.45) is 11.7 Å². The van der Waals surface area contributed by atoms with Gasteiger partial charge in [0.05, 0.1) is 0 Å². The summed E-state index contributed by atoms with van der Waals surface area (Å²) in [6.07, 6.45) is 10.3. The van der Waals surface area contributed by atoms with Crippen LogP contribution in [0, 0.1) is 5.92 Å². The second kappa shape index (κ2) is 9.29. The Morgan fingerprint density at radius 2 is 1.19 bits per heavy atom. The fourth-order valence-electron chi connectivity index (χ4n) is 3.89. The molecule has 21 heavy (non-hydrogen) atoms. The van der Waals surface area contributed by atoms with Crippen LogP contribution in [0.1, 0.15) is 86.0 Å². The van der Waals surface area contributed by atoms with Gasteiger partial charge in [0.2, 0.25) is 0 Å². The van der Waals surface area contributed by atoms with Crippen molar-refractivity contribution >= 4 is 6.09 Å². The summed E-state index contributed by atoms with van der Waals surface area (Å²) in [5.74, 6) is 0.862. The van der Waals surface area contributed by atoms with E-state index in [9.17, 15) is 0 Å². The van der Waals surface area contributed by atoms with E-state index in [-0.39, 0.29) is 0 Å². The Morgan fingerprint density at radius 1 is 0.952 bits per heavy atom. The fourth-order valence-corrected chi connectivity index (χ4v) is 3.89. The highest BCUT2D eigenvalue weighted by atomic mass is 16.4. The molecule has 0 spiro atoms. The molecule has 0 unspecified atom stereocenters. The summed E-state index contributed by atoms with van der Waals surface area (Å²) in [6, 6.07) is 0. The molecule has 1 amide bonds. The maximum atomic E-state index is 8.78. The number of amides is 1. The number of rotatable bonds is 0. The molecule has 0 atom stereocenters. The molecule has 4 N–H and O–H groups in total. The first-order chi connectivity index (χ1) is 9.54. The average molecular weight is 300 g/mol. The number of hydrogen-bond donors (Lipinski definition) is 3. The van der Waals surface area contributed by atoms with E-state index in [0.717, 1.165) is 5.92 Å². The van der Waals surface area contributed by atoms with Crippen LogP contribution in [-0.4, -0.2) is 22.3 Å². The third kappa shape index (κ3) is 12.7. The smallest absolute Gasteiger partial charge is 0.402 e. The van der Waals surface area contributed by atoms with Gasteiger partial charge in [-0.05, 0) is 46.5 Å². The second-order valence-electron chi connectivity index (χ2n) is 7.87. The second-order valence-corrected chi connectivity index (χ2v) is 7.87. The standard InChI is InChI=1S/C10H21N.C6H12.CH3NO2/c1-8-6-9(2,3)11-10(4,5)7-8;1-2-4-6-5-3-1;2-1(3)4/h8,11H,6-7H2,1-5H3;1-6H2;2H2,(H,3,4). The first-order valence-corrected chi connectivity index (χ1v) is 8.32. The number of nitrogens with one attached hydrogen (secondary N) is 1. The van der Waals surface area contributed by atoms with Crippen LogP contribution in [-0.2, 0) is 0 Å². The van der Waals surface area contributed by atoms with Gasteiger partial charge in [-0.2, -0.15) is 0 Å². The summed E-state index contributed by atoms with van der Waals surface area (Å²) in [7, 11) is 0. The van der Waals surface area contributed by atoms with Gasteiger partial charge < -0.3 is 16.2 Å². The van der Waals surface area contributed by atoms with Gasteiger partial charge >= 0.3 is 6.09 Å². The lowest BCUT2D eigenvalue weighted by molar-refractivity contribution is 0.138. The Hall–Kier alpha value is -0.770. The molecular formula is C17H36N2O2. The highest BCUT2D eigenvalue weighted by Crippen LogP contribution is 2.31. The van der Waals surface area contributed by atoms with E-state index in [1.54, 1.807) is 0 Å². The normalized spacial score (nSPS) is 23.9. The minimum Gasteiger partial charge on any atom is -0.465 e. The highest BCUT2D eigenvalue weighted by molar-refractivity contribution is 5.61. The van der Waals surface area contributed by atoms with E-state index in [4.69, 9.17) is 9.90 Å². The molecule has 0 radical (unpaired) electrons. The topological polar surface area (TPSA) is 75.3 Å². The van der Waals surface area contributed by atoms with Crippen LogP contribution in [0.2, 0.25) is 0 Å². The Morgan fingerprint density at radius 3 is 1.38 bits per heavy atom. The van der Waals surface area contributed by atoms with Crippen molar-refractivity contribution in [3.63, 3.8) is 0 Å². The summed E-state index contributed by atoms with van der Waals surface area (Å²) in [6.45, 7) is 11.5. The van der Waals surface area contributed by atoms with Gasteiger partial charge in [0.1, 0.15) is 0 Å². The molecule has 1 saturated carbocycles. The zero-order chi connectivity index (χ0) is 16.5. The quantitative estimate of drug-likeness (QED) is 0.615. The number of carboxylic acid groups (broad SMARTS) is 1. The van der Waals surface area contributed by atoms with E-state index in [1.807, 2.05) is 0 Å². The molecule has 0 aromatic heterocycles. The van der Waals surface area contributed by atoms with Crippen molar-refractivity contribution in [1.82, 2.24) is 5.32 Å². The molecular weight excluding hydrogens is 264 g/mol. The third-order valence-corrected chi connectivity index (χ3v) is 3.89. The first-order valence-electron chi connectivity index (χ1n) is 8.32. The molecule has 4 heteroatoms. The summed E-state index contributed by atoms with van der Waals surface area (Å²) in [5.41, 5.74) is 4.70. The predicted octanol–water partition coefficient (Wildman–Crippen LogP) is 4.53. The maximum absolute atomic E-state index is 8.78. The zero-order valence-electron chi connectivity index (χ0n) is 14.7. The SMILES string of the molecule is C1CCCCC1.CC1CC(C)(C)NC(C)(C)C1.NC(=O)O.